The predicted octanol–water partition coefficient (Wildman–Crippen LogP) is 3.20. The average Bonchev–Trinajstić information content (AvgIpc) is 3.22. The van der Waals surface area contributed by atoms with Gasteiger partial charge in [-0.3, -0.25) is 4.79 Å². The van der Waals surface area contributed by atoms with Crippen molar-refractivity contribution in [1.82, 2.24) is 19.9 Å². The summed E-state index contributed by atoms with van der Waals surface area (Å²) in [5.74, 6) is 0.728. The minimum atomic E-state index is -4.56. The Labute approximate surface area is 169 Å². The predicted molar refractivity (Wildman–Crippen MR) is 99.7 cm³/mol. The zero-order valence-electron chi connectivity index (χ0n) is 15.8. The second-order valence-electron chi connectivity index (χ2n) is 6.75. The second kappa shape index (κ2) is 7.69. The number of para-hydroxylation sites is 3. The molecule has 0 N–H and O–H groups in total. The van der Waals surface area contributed by atoms with Crippen LogP contribution in [0.4, 0.5) is 13.2 Å². The fourth-order valence-electron chi connectivity index (χ4n) is 3.13. The molecule has 1 aliphatic heterocycles. The maximum Gasteiger partial charge on any atom is 0.418 e. The molecular formula is C20H17F3N4O3. The molecule has 1 atom stereocenters. The molecule has 0 saturated heterocycles. The zero-order chi connectivity index (χ0) is 21.3. The largest absolute Gasteiger partial charge is 0.486 e. The Kier molecular flexibility index (Phi) is 5.06. The maximum absolute atomic E-state index is 13.2. The molecule has 0 radical (unpaired) electrons. The Hall–Kier alpha value is -3.56. The molecule has 0 bridgehead atoms. The van der Waals surface area contributed by atoms with Crippen LogP contribution in [0.1, 0.15) is 16.1 Å². The number of hydrogen-bond donors (Lipinski definition) is 0. The summed E-state index contributed by atoms with van der Waals surface area (Å²) in [5, 5.41) is 7.45. The Morgan fingerprint density at radius 3 is 2.63 bits per heavy atom. The Bertz CT molecular complexity index is 1070. The van der Waals surface area contributed by atoms with Crippen LogP contribution >= 0.6 is 0 Å². The highest BCUT2D eigenvalue weighted by Gasteiger charge is 2.34. The summed E-state index contributed by atoms with van der Waals surface area (Å²) in [5.41, 5.74) is -1.15. The van der Waals surface area contributed by atoms with E-state index in [1.165, 1.54) is 29.3 Å². The van der Waals surface area contributed by atoms with Crippen LogP contribution in [-0.4, -0.2) is 52.1 Å². The molecule has 0 spiro atoms. The summed E-state index contributed by atoms with van der Waals surface area (Å²) in [6, 6.07) is 12.2. The number of fused-ring (bicyclic) bond motifs is 1. The first-order valence-electron chi connectivity index (χ1n) is 9.06. The highest BCUT2D eigenvalue weighted by molar-refractivity contribution is 5.91. The first kappa shape index (κ1) is 19.7. The first-order valence-corrected chi connectivity index (χ1v) is 9.06. The molecule has 30 heavy (non-hydrogen) atoms. The van der Waals surface area contributed by atoms with E-state index < -0.39 is 23.8 Å². The number of carbonyl (C=O) groups excluding carboxylic acids is 1. The number of aromatic nitrogens is 3. The highest BCUT2D eigenvalue weighted by Crippen LogP contribution is 2.33. The van der Waals surface area contributed by atoms with Crippen LogP contribution in [0.25, 0.3) is 5.69 Å². The van der Waals surface area contributed by atoms with Gasteiger partial charge in [-0.25, -0.2) is 4.68 Å². The molecule has 0 fully saturated rings. The van der Waals surface area contributed by atoms with Crippen LogP contribution in [0.2, 0.25) is 0 Å². The summed E-state index contributed by atoms with van der Waals surface area (Å²) < 4.78 is 52.1. The van der Waals surface area contributed by atoms with Gasteiger partial charge >= 0.3 is 6.18 Å². The van der Waals surface area contributed by atoms with Gasteiger partial charge in [-0.2, -0.15) is 13.2 Å². The van der Waals surface area contributed by atoms with Gasteiger partial charge in [-0.1, -0.05) is 29.5 Å². The number of nitrogens with zero attached hydrogens (tertiary/aromatic N) is 4. The van der Waals surface area contributed by atoms with Gasteiger partial charge in [0.05, 0.1) is 24.0 Å². The normalized spacial score (nSPS) is 15.7. The van der Waals surface area contributed by atoms with Gasteiger partial charge in [0.15, 0.2) is 23.3 Å². The van der Waals surface area contributed by atoms with Crippen LogP contribution in [-0.2, 0) is 6.18 Å². The van der Waals surface area contributed by atoms with Crippen molar-refractivity contribution in [3.8, 4) is 17.2 Å². The SMILES string of the molecule is CN(CC1COc2ccccc2O1)C(=O)c1cn(-c2ccccc2C(F)(F)F)nn1. The zero-order valence-corrected chi connectivity index (χ0v) is 15.8. The van der Waals surface area contributed by atoms with Crippen molar-refractivity contribution < 1.29 is 27.4 Å². The molecule has 1 unspecified atom stereocenters. The fourth-order valence-corrected chi connectivity index (χ4v) is 3.13. The number of ether oxygens (including phenoxy) is 2. The molecule has 2 aromatic carbocycles. The number of benzene rings is 2. The standard InChI is InChI=1S/C20H17F3N4O3/c1-26(10-13-12-29-17-8-4-5-9-18(17)30-13)19(28)15-11-27(25-24-15)16-7-3-2-6-14(16)20(21,22)23/h2-9,11,13H,10,12H2,1H3. The number of halogens is 3. The fraction of sp³-hybridized carbons (Fsp3) is 0.250. The smallest absolute Gasteiger partial charge is 0.418 e. The van der Waals surface area contributed by atoms with Crippen LogP contribution in [0.15, 0.2) is 54.7 Å². The average molecular weight is 418 g/mol. The highest BCUT2D eigenvalue weighted by atomic mass is 19.4. The molecule has 156 valence electrons. The molecule has 10 heteroatoms. The molecule has 7 nitrogen and oxygen atoms in total. The van der Waals surface area contributed by atoms with Crippen LogP contribution in [0.3, 0.4) is 0 Å². The van der Waals surface area contributed by atoms with E-state index in [4.69, 9.17) is 9.47 Å². The Morgan fingerprint density at radius 2 is 1.87 bits per heavy atom. The van der Waals surface area contributed by atoms with Gasteiger partial charge in [0.2, 0.25) is 0 Å². The van der Waals surface area contributed by atoms with Crippen molar-refractivity contribution in [3.63, 3.8) is 0 Å². The van der Waals surface area contributed by atoms with Crippen LogP contribution in [0.5, 0.6) is 11.5 Å². The van der Waals surface area contributed by atoms with Crippen LogP contribution < -0.4 is 9.47 Å². The van der Waals surface area contributed by atoms with E-state index in [0.717, 1.165) is 10.7 Å². The number of amides is 1. The summed E-state index contributed by atoms with van der Waals surface area (Å²) >= 11 is 0. The first-order chi connectivity index (χ1) is 14.3. The van der Waals surface area contributed by atoms with E-state index in [-0.39, 0.29) is 24.5 Å². The van der Waals surface area contributed by atoms with E-state index in [9.17, 15) is 18.0 Å². The van der Waals surface area contributed by atoms with Crippen molar-refractivity contribution in [1.29, 1.82) is 0 Å². The number of hydrogen-bond acceptors (Lipinski definition) is 5. The van der Waals surface area contributed by atoms with Gasteiger partial charge in [0, 0.05) is 7.05 Å². The third kappa shape index (κ3) is 3.93. The van der Waals surface area contributed by atoms with Crippen molar-refractivity contribution >= 4 is 5.91 Å². The Morgan fingerprint density at radius 1 is 1.17 bits per heavy atom. The lowest BCUT2D eigenvalue weighted by Gasteiger charge is -2.29. The maximum atomic E-state index is 13.2. The minimum Gasteiger partial charge on any atom is -0.486 e. The molecular weight excluding hydrogens is 401 g/mol. The minimum absolute atomic E-state index is 0.0772. The number of likely N-dealkylation sites (N-methyl/N-ethyl adjacent to an activating group) is 1. The molecule has 2 heterocycles. The van der Waals surface area contributed by atoms with Crippen molar-refractivity contribution in [2.75, 3.05) is 20.2 Å². The van der Waals surface area contributed by atoms with Crippen molar-refractivity contribution in [2.45, 2.75) is 12.3 Å². The number of carbonyl (C=O) groups is 1. The molecule has 1 amide bonds. The third-order valence-corrected chi connectivity index (χ3v) is 4.56. The van der Waals surface area contributed by atoms with E-state index in [1.54, 1.807) is 19.2 Å². The van der Waals surface area contributed by atoms with E-state index in [2.05, 4.69) is 10.3 Å². The summed E-state index contributed by atoms with van der Waals surface area (Å²) in [4.78, 5) is 14.0. The quantitative estimate of drug-likeness (QED) is 0.651. The molecule has 0 saturated carbocycles. The summed E-state index contributed by atoms with van der Waals surface area (Å²) in [7, 11) is 1.55. The molecule has 4 rings (SSSR count). The monoisotopic (exact) mass is 418 g/mol. The second-order valence-corrected chi connectivity index (χ2v) is 6.75. The molecule has 1 aromatic heterocycles. The van der Waals surface area contributed by atoms with E-state index >= 15 is 0 Å². The van der Waals surface area contributed by atoms with Gasteiger partial charge < -0.3 is 14.4 Å². The molecule has 0 aliphatic carbocycles. The third-order valence-electron chi connectivity index (χ3n) is 4.56. The van der Waals surface area contributed by atoms with Crippen molar-refractivity contribution in [2.24, 2.45) is 0 Å². The van der Waals surface area contributed by atoms with Gasteiger partial charge in [0.1, 0.15) is 6.61 Å². The van der Waals surface area contributed by atoms with E-state index in [1.807, 2.05) is 12.1 Å². The topological polar surface area (TPSA) is 69.5 Å². The lowest BCUT2D eigenvalue weighted by Crippen LogP contribution is -2.41. The van der Waals surface area contributed by atoms with Gasteiger partial charge in [-0.05, 0) is 24.3 Å². The summed E-state index contributed by atoms with van der Waals surface area (Å²) in [6.45, 7) is 0.472. The molecule has 1 aliphatic rings. The molecule has 3 aromatic rings. The van der Waals surface area contributed by atoms with E-state index in [0.29, 0.717) is 11.5 Å². The summed E-state index contributed by atoms with van der Waals surface area (Å²) in [6.07, 6.45) is -3.77. The van der Waals surface area contributed by atoms with Crippen molar-refractivity contribution in [3.05, 3.63) is 66.0 Å². The lowest BCUT2D eigenvalue weighted by atomic mass is 10.1. The number of rotatable bonds is 4. The van der Waals surface area contributed by atoms with Crippen LogP contribution in [0, 0.1) is 0 Å². The van der Waals surface area contributed by atoms with Gasteiger partial charge in [0.25, 0.3) is 5.91 Å². The van der Waals surface area contributed by atoms with Gasteiger partial charge in [-0.15, -0.1) is 5.10 Å². The number of alkyl halides is 3. The Balaban J connectivity index is 1.47. The lowest BCUT2D eigenvalue weighted by molar-refractivity contribution is -0.137.